The van der Waals surface area contributed by atoms with Crippen molar-refractivity contribution < 1.29 is 9.90 Å². The summed E-state index contributed by atoms with van der Waals surface area (Å²) in [6, 6.07) is 0. The van der Waals surface area contributed by atoms with Gasteiger partial charge in [-0.3, -0.25) is 9.80 Å². The Hall–Kier alpha value is -0.610. The Morgan fingerprint density at radius 2 is 2.11 bits per heavy atom. The second-order valence-electron chi connectivity index (χ2n) is 1.81. The van der Waals surface area contributed by atoms with Crippen molar-refractivity contribution in [1.82, 2.24) is 10.0 Å². The van der Waals surface area contributed by atoms with E-state index in [0.717, 1.165) is 5.01 Å². The van der Waals surface area contributed by atoms with E-state index in [1.807, 2.05) is 0 Å². The Morgan fingerprint density at radius 1 is 1.67 bits per heavy atom. The topological polar surface area (TPSA) is 43.8 Å². The van der Waals surface area contributed by atoms with Crippen molar-refractivity contribution >= 4 is 6.41 Å². The molecule has 0 bridgehead atoms. The molecule has 1 N–H and O–H groups in total. The molecule has 0 saturated heterocycles. The number of hydrogen-bond acceptors (Lipinski definition) is 3. The summed E-state index contributed by atoms with van der Waals surface area (Å²) in [5.41, 5.74) is 0. The molecular weight excluding hydrogens is 120 g/mol. The van der Waals surface area contributed by atoms with Crippen molar-refractivity contribution in [3.8, 4) is 0 Å². The summed E-state index contributed by atoms with van der Waals surface area (Å²) in [5, 5.41) is 11.2. The molecule has 0 saturated carbocycles. The molecule has 1 atom stereocenters. The maximum atomic E-state index is 10.1. The first-order valence-electron chi connectivity index (χ1n) is 2.51. The summed E-state index contributed by atoms with van der Waals surface area (Å²) in [6.07, 6.45) is -0.491. The molecule has 0 aromatic rings. The van der Waals surface area contributed by atoms with Gasteiger partial charge in [-0.05, 0) is 6.92 Å². The lowest BCUT2D eigenvalue weighted by Crippen LogP contribution is -2.42. The zero-order valence-electron chi connectivity index (χ0n) is 5.61. The van der Waals surface area contributed by atoms with Crippen LogP contribution in [0.25, 0.3) is 0 Å². The van der Waals surface area contributed by atoms with Crippen molar-refractivity contribution in [2.24, 2.45) is 0 Å². The number of hydrogen-bond donors (Lipinski definition) is 1. The molecular formula is C5H11N2O2. The minimum Gasteiger partial charge on any atom is -0.372 e. The van der Waals surface area contributed by atoms with Gasteiger partial charge in [-0.1, -0.05) is 0 Å². The quantitative estimate of drug-likeness (QED) is 0.306. The van der Waals surface area contributed by atoms with Gasteiger partial charge in [0, 0.05) is 14.1 Å². The van der Waals surface area contributed by atoms with E-state index in [-0.39, 0.29) is 0 Å². The fourth-order valence-corrected chi connectivity index (χ4v) is 0.431. The van der Waals surface area contributed by atoms with Crippen LogP contribution < -0.4 is 0 Å². The molecule has 0 fully saturated rings. The summed E-state index contributed by atoms with van der Waals surface area (Å²) in [7, 11) is 3.28. The Morgan fingerprint density at radius 3 is 2.11 bits per heavy atom. The molecule has 0 heterocycles. The molecule has 0 aliphatic heterocycles. The molecule has 1 radical (unpaired) electrons. The number of amides is 1. The lowest BCUT2D eigenvalue weighted by Gasteiger charge is -2.26. The number of rotatable bonds is 3. The van der Waals surface area contributed by atoms with Gasteiger partial charge in [-0.15, -0.1) is 0 Å². The lowest BCUT2D eigenvalue weighted by atomic mass is 10.6. The van der Waals surface area contributed by atoms with E-state index in [2.05, 4.69) is 6.92 Å². The fourth-order valence-electron chi connectivity index (χ4n) is 0.431. The molecule has 0 aliphatic carbocycles. The third-order valence-electron chi connectivity index (χ3n) is 0.875. The van der Waals surface area contributed by atoms with Gasteiger partial charge in [0.2, 0.25) is 6.41 Å². The van der Waals surface area contributed by atoms with Crippen LogP contribution in [0.1, 0.15) is 0 Å². The normalized spacial score (nSPS) is 13.4. The van der Waals surface area contributed by atoms with E-state index in [4.69, 9.17) is 5.11 Å². The standard InChI is InChI=1S/C5H11N2O2/c1-5(9)7(4-8)6(2)3/h4-5,9H,1H2,2-3H3. The van der Waals surface area contributed by atoms with Crippen LogP contribution in [-0.4, -0.2) is 41.9 Å². The monoisotopic (exact) mass is 131 g/mol. The van der Waals surface area contributed by atoms with Gasteiger partial charge < -0.3 is 5.11 Å². The molecule has 0 spiro atoms. The van der Waals surface area contributed by atoms with Gasteiger partial charge >= 0.3 is 0 Å². The lowest BCUT2D eigenvalue weighted by molar-refractivity contribution is -0.146. The van der Waals surface area contributed by atoms with Crippen molar-refractivity contribution in [3.63, 3.8) is 0 Å². The average Bonchev–Trinajstić information content (AvgIpc) is 1.64. The fraction of sp³-hybridized carbons (Fsp3) is 0.600. The zero-order valence-corrected chi connectivity index (χ0v) is 5.61. The third-order valence-corrected chi connectivity index (χ3v) is 0.875. The highest BCUT2D eigenvalue weighted by Crippen LogP contribution is 1.90. The van der Waals surface area contributed by atoms with Crippen molar-refractivity contribution in [2.75, 3.05) is 14.1 Å². The number of nitrogens with zero attached hydrogens (tertiary/aromatic N) is 2. The van der Waals surface area contributed by atoms with E-state index < -0.39 is 6.23 Å². The molecule has 0 aromatic heterocycles. The molecule has 0 aliphatic rings. The SMILES string of the molecule is [CH2]C(O)N(C=O)N(C)C. The zero-order chi connectivity index (χ0) is 7.44. The average molecular weight is 131 g/mol. The predicted molar refractivity (Wildman–Crippen MR) is 33.0 cm³/mol. The van der Waals surface area contributed by atoms with E-state index in [1.165, 1.54) is 5.01 Å². The van der Waals surface area contributed by atoms with Crippen LogP contribution in [0.3, 0.4) is 0 Å². The molecule has 4 heteroatoms. The van der Waals surface area contributed by atoms with Gasteiger partial charge in [-0.2, -0.15) is 0 Å². The highest BCUT2D eigenvalue weighted by atomic mass is 16.3. The number of carbonyl (C=O) groups excluding carboxylic acids is 1. The van der Waals surface area contributed by atoms with Crippen LogP contribution in [0.2, 0.25) is 0 Å². The first-order valence-corrected chi connectivity index (χ1v) is 2.51. The first kappa shape index (κ1) is 8.39. The minimum absolute atomic E-state index is 0.512. The van der Waals surface area contributed by atoms with Crippen LogP contribution in [0, 0.1) is 6.92 Å². The largest absolute Gasteiger partial charge is 0.372 e. The van der Waals surface area contributed by atoms with Crippen molar-refractivity contribution in [2.45, 2.75) is 6.23 Å². The summed E-state index contributed by atoms with van der Waals surface area (Å²) in [4.78, 5) is 10.1. The van der Waals surface area contributed by atoms with Crippen LogP contribution in [-0.2, 0) is 4.79 Å². The summed E-state index contributed by atoms with van der Waals surface area (Å²) >= 11 is 0. The van der Waals surface area contributed by atoms with Crippen LogP contribution >= 0.6 is 0 Å². The van der Waals surface area contributed by atoms with E-state index in [0.29, 0.717) is 6.41 Å². The molecule has 53 valence electrons. The smallest absolute Gasteiger partial charge is 0.226 e. The van der Waals surface area contributed by atoms with Gasteiger partial charge in [-0.25, -0.2) is 5.01 Å². The van der Waals surface area contributed by atoms with Crippen LogP contribution in [0.4, 0.5) is 0 Å². The maximum absolute atomic E-state index is 10.1. The highest BCUT2D eigenvalue weighted by molar-refractivity contribution is 5.46. The summed E-state index contributed by atoms with van der Waals surface area (Å²) in [5.74, 6) is 0. The van der Waals surface area contributed by atoms with Crippen molar-refractivity contribution in [1.29, 1.82) is 0 Å². The Bertz CT molecular complexity index is 85.0. The Kier molecular flexibility index (Phi) is 3.19. The van der Waals surface area contributed by atoms with Crippen molar-refractivity contribution in [3.05, 3.63) is 6.92 Å². The number of aliphatic hydroxyl groups is 1. The molecule has 0 rings (SSSR count). The van der Waals surface area contributed by atoms with Crippen LogP contribution in [0.5, 0.6) is 0 Å². The molecule has 4 nitrogen and oxygen atoms in total. The number of carbonyl (C=O) groups is 1. The van der Waals surface area contributed by atoms with Crippen LogP contribution in [0.15, 0.2) is 0 Å². The molecule has 1 amide bonds. The number of aliphatic hydroxyl groups excluding tert-OH is 1. The minimum atomic E-state index is -1.00. The Balaban J connectivity index is 3.82. The van der Waals surface area contributed by atoms with Gasteiger partial charge in [0.15, 0.2) is 0 Å². The molecule has 9 heavy (non-hydrogen) atoms. The Labute approximate surface area is 54.6 Å². The van der Waals surface area contributed by atoms with E-state index >= 15 is 0 Å². The third kappa shape index (κ3) is 2.43. The summed E-state index contributed by atoms with van der Waals surface area (Å²) < 4.78 is 0. The maximum Gasteiger partial charge on any atom is 0.226 e. The van der Waals surface area contributed by atoms with E-state index in [9.17, 15) is 4.79 Å². The number of hydrazine groups is 1. The highest BCUT2D eigenvalue weighted by Gasteiger charge is 2.08. The molecule has 1 unspecified atom stereocenters. The first-order chi connectivity index (χ1) is 4.09. The molecule has 0 aromatic carbocycles. The van der Waals surface area contributed by atoms with Gasteiger partial charge in [0.05, 0.1) is 0 Å². The van der Waals surface area contributed by atoms with Gasteiger partial charge in [0.25, 0.3) is 0 Å². The second kappa shape index (κ2) is 3.42. The van der Waals surface area contributed by atoms with E-state index in [1.54, 1.807) is 14.1 Å². The predicted octanol–water partition coefficient (Wildman–Crippen LogP) is -0.926. The summed E-state index contributed by atoms with van der Waals surface area (Å²) in [6.45, 7) is 3.24. The van der Waals surface area contributed by atoms with Gasteiger partial charge in [0.1, 0.15) is 6.23 Å². The second-order valence-corrected chi connectivity index (χ2v) is 1.81.